The Bertz CT molecular complexity index is 120. The molecule has 0 saturated heterocycles. The summed E-state index contributed by atoms with van der Waals surface area (Å²) in [7, 11) is 1.79. The molecule has 3 nitrogen and oxygen atoms in total. The van der Waals surface area contributed by atoms with Crippen molar-refractivity contribution in [2.45, 2.75) is 19.4 Å². The van der Waals surface area contributed by atoms with Gasteiger partial charge in [0.2, 0.25) is 5.91 Å². The van der Waals surface area contributed by atoms with E-state index in [1.165, 1.54) is 0 Å². The number of likely N-dealkylation sites (N-methyl/N-ethyl adjacent to an activating group) is 1. The quantitative estimate of drug-likeness (QED) is 0.580. The number of halogens is 1. The van der Waals surface area contributed by atoms with Crippen LogP contribution >= 0.6 is 25.0 Å². The highest BCUT2D eigenvalue weighted by Gasteiger charge is 2.11. The van der Waals surface area contributed by atoms with Crippen LogP contribution in [0.15, 0.2) is 0 Å². The van der Waals surface area contributed by atoms with E-state index in [1.54, 1.807) is 7.05 Å². The third-order valence-corrected chi connectivity index (χ3v) is 1.71. The third-order valence-electron chi connectivity index (χ3n) is 1.48. The predicted molar refractivity (Wildman–Crippen MR) is 57.2 cm³/mol. The van der Waals surface area contributed by atoms with E-state index in [1.807, 2.05) is 6.92 Å². The molecule has 0 spiro atoms. The lowest BCUT2D eigenvalue weighted by atomic mass is 10.2. The van der Waals surface area contributed by atoms with Crippen molar-refractivity contribution in [2.75, 3.05) is 19.3 Å². The first kappa shape index (κ1) is 14.6. The van der Waals surface area contributed by atoms with Gasteiger partial charge in [0.05, 0.1) is 6.04 Å². The summed E-state index contributed by atoms with van der Waals surface area (Å²) in [6.45, 7) is 2.61. The molecule has 0 heterocycles. The van der Waals surface area contributed by atoms with Gasteiger partial charge >= 0.3 is 0 Å². The monoisotopic (exact) mass is 212 g/mol. The van der Waals surface area contributed by atoms with Crippen molar-refractivity contribution in [3.63, 3.8) is 0 Å². The van der Waals surface area contributed by atoms with Crippen LogP contribution < -0.4 is 10.6 Å². The van der Waals surface area contributed by atoms with Crippen LogP contribution in [0.2, 0.25) is 0 Å². The number of carbonyl (C=O) groups is 1. The first-order chi connectivity index (χ1) is 5.26. The number of hydrogen-bond acceptors (Lipinski definition) is 3. The average Bonchev–Trinajstić information content (AvgIpc) is 2.03. The fourth-order valence-electron chi connectivity index (χ4n) is 0.823. The van der Waals surface area contributed by atoms with E-state index in [4.69, 9.17) is 0 Å². The van der Waals surface area contributed by atoms with E-state index in [2.05, 4.69) is 23.3 Å². The van der Waals surface area contributed by atoms with Crippen LogP contribution in [0.1, 0.15) is 13.3 Å². The summed E-state index contributed by atoms with van der Waals surface area (Å²) < 4.78 is 0. The Balaban J connectivity index is 0. The second-order valence-electron chi connectivity index (χ2n) is 2.26. The van der Waals surface area contributed by atoms with E-state index in [0.29, 0.717) is 12.3 Å². The van der Waals surface area contributed by atoms with E-state index >= 15 is 0 Å². The minimum atomic E-state index is -0.0603. The van der Waals surface area contributed by atoms with E-state index < -0.39 is 0 Å². The van der Waals surface area contributed by atoms with Crippen molar-refractivity contribution in [3.05, 3.63) is 0 Å². The largest absolute Gasteiger partial charge is 0.354 e. The predicted octanol–water partition coefficient (Wildman–Crippen LogP) is 0.452. The molecule has 5 heteroatoms. The van der Waals surface area contributed by atoms with Gasteiger partial charge in [-0.2, -0.15) is 12.6 Å². The summed E-state index contributed by atoms with van der Waals surface area (Å²) in [6.07, 6.45) is 0.814. The van der Waals surface area contributed by atoms with Crippen LogP contribution in [0.3, 0.4) is 0 Å². The molecule has 0 aliphatic carbocycles. The molecule has 0 aromatic heterocycles. The molecule has 0 aliphatic rings. The Hall–Kier alpha value is 0.0700. The van der Waals surface area contributed by atoms with Gasteiger partial charge in [-0.15, -0.1) is 12.4 Å². The molecule has 74 valence electrons. The third kappa shape index (κ3) is 5.69. The molecule has 1 unspecified atom stereocenters. The summed E-state index contributed by atoms with van der Waals surface area (Å²) >= 11 is 3.99. The zero-order chi connectivity index (χ0) is 8.69. The molecular weight excluding hydrogens is 196 g/mol. The van der Waals surface area contributed by atoms with Gasteiger partial charge in [0.15, 0.2) is 0 Å². The van der Waals surface area contributed by atoms with Gasteiger partial charge in [0.1, 0.15) is 0 Å². The molecule has 1 atom stereocenters. The average molecular weight is 213 g/mol. The smallest absolute Gasteiger partial charge is 0.237 e. The fourth-order valence-corrected chi connectivity index (χ4v) is 0.935. The van der Waals surface area contributed by atoms with Crippen molar-refractivity contribution < 1.29 is 4.79 Å². The molecule has 0 aromatic carbocycles. The van der Waals surface area contributed by atoms with Crippen molar-refractivity contribution in [1.82, 2.24) is 10.6 Å². The van der Waals surface area contributed by atoms with Gasteiger partial charge in [-0.05, 0) is 13.5 Å². The number of carbonyl (C=O) groups excluding carboxylic acids is 1. The molecule has 1 amide bonds. The summed E-state index contributed by atoms with van der Waals surface area (Å²) in [4.78, 5) is 11.2. The SMILES string of the molecule is CCC(NC)C(=O)NCCS.Cl. The maximum Gasteiger partial charge on any atom is 0.237 e. The van der Waals surface area contributed by atoms with Crippen molar-refractivity contribution in [3.8, 4) is 0 Å². The zero-order valence-electron chi connectivity index (χ0n) is 7.46. The Labute approximate surface area is 85.5 Å². The summed E-state index contributed by atoms with van der Waals surface area (Å²) in [5.41, 5.74) is 0. The van der Waals surface area contributed by atoms with Crippen LogP contribution in [0.5, 0.6) is 0 Å². The maximum absolute atomic E-state index is 11.2. The summed E-state index contributed by atoms with van der Waals surface area (Å²) in [5.74, 6) is 0.746. The highest BCUT2D eigenvalue weighted by Crippen LogP contribution is 1.88. The van der Waals surface area contributed by atoms with Gasteiger partial charge in [0, 0.05) is 12.3 Å². The minimum Gasteiger partial charge on any atom is -0.354 e. The molecule has 12 heavy (non-hydrogen) atoms. The second kappa shape index (κ2) is 9.16. The molecule has 0 bridgehead atoms. The Morgan fingerprint density at radius 2 is 2.17 bits per heavy atom. The lowest BCUT2D eigenvalue weighted by Gasteiger charge is -2.12. The van der Waals surface area contributed by atoms with E-state index in [0.717, 1.165) is 6.42 Å². The zero-order valence-corrected chi connectivity index (χ0v) is 9.17. The van der Waals surface area contributed by atoms with Gasteiger partial charge < -0.3 is 10.6 Å². The molecule has 0 saturated carbocycles. The lowest BCUT2D eigenvalue weighted by Crippen LogP contribution is -2.42. The molecule has 2 N–H and O–H groups in total. The first-order valence-corrected chi connectivity index (χ1v) is 4.45. The normalized spacial score (nSPS) is 11.6. The number of nitrogens with one attached hydrogen (secondary N) is 2. The minimum absolute atomic E-state index is 0. The number of amides is 1. The number of rotatable bonds is 5. The summed E-state index contributed by atoms with van der Waals surface area (Å²) in [6, 6.07) is -0.0603. The summed E-state index contributed by atoms with van der Waals surface area (Å²) in [5, 5.41) is 5.68. The number of hydrogen-bond donors (Lipinski definition) is 3. The highest BCUT2D eigenvalue weighted by molar-refractivity contribution is 7.80. The maximum atomic E-state index is 11.2. The fraction of sp³-hybridized carbons (Fsp3) is 0.857. The van der Waals surface area contributed by atoms with E-state index in [-0.39, 0.29) is 24.4 Å². The van der Waals surface area contributed by atoms with Crippen molar-refractivity contribution in [2.24, 2.45) is 0 Å². The number of thiol groups is 1. The van der Waals surface area contributed by atoms with Crippen molar-refractivity contribution in [1.29, 1.82) is 0 Å². The Morgan fingerprint density at radius 3 is 2.50 bits per heavy atom. The van der Waals surface area contributed by atoms with Gasteiger partial charge in [0.25, 0.3) is 0 Å². The molecule has 0 radical (unpaired) electrons. The van der Waals surface area contributed by atoms with Gasteiger partial charge in [-0.1, -0.05) is 6.92 Å². The highest BCUT2D eigenvalue weighted by atomic mass is 35.5. The molecule has 0 aliphatic heterocycles. The Kier molecular flexibility index (Phi) is 11.1. The van der Waals surface area contributed by atoms with Crippen LogP contribution in [0.4, 0.5) is 0 Å². The van der Waals surface area contributed by atoms with Crippen molar-refractivity contribution >= 4 is 30.9 Å². The second-order valence-corrected chi connectivity index (χ2v) is 2.71. The molecule has 0 aromatic rings. The Morgan fingerprint density at radius 1 is 1.58 bits per heavy atom. The topological polar surface area (TPSA) is 41.1 Å². The van der Waals surface area contributed by atoms with Crippen LogP contribution in [0.25, 0.3) is 0 Å². The van der Waals surface area contributed by atoms with Gasteiger partial charge in [-0.3, -0.25) is 4.79 Å². The van der Waals surface area contributed by atoms with Gasteiger partial charge in [-0.25, -0.2) is 0 Å². The lowest BCUT2D eigenvalue weighted by molar-refractivity contribution is -0.122. The van der Waals surface area contributed by atoms with Crippen LogP contribution in [0, 0.1) is 0 Å². The van der Waals surface area contributed by atoms with E-state index in [9.17, 15) is 4.79 Å². The molecular formula is C7H17ClN2OS. The van der Waals surface area contributed by atoms with Crippen LogP contribution in [-0.4, -0.2) is 31.3 Å². The van der Waals surface area contributed by atoms with Crippen LogP contribution in [-0.2, 0) is 4.79 Å². The first-order valence-electron chi connectivity index (χ1n) is 3.82. The molecule has 0 fully saturated rings. The molecule has 0 rings (SSSR count). The standard InChI is InChI=1S/C7H16N2OS.ClH/c1-3-6(8-2)7(10)9-4-5-11;/h6,8,11H,3-5H2,1-2H3,(H,9,10);1H.